The summed E-state index contributed by atoms with van der Waals surface area (Å²) < 4.78 is 5.80. The van der Waals surface area contributed by atoms with E-state index in [1.807, 2.05) is 47.1 Å². The van der Waals surface area contributed by atoms with Crippen LogP contribution < -0.4 is 11.1 Å². The van der Waals surface area contributed by atoms with Crippen molar-refractivity contribution in [1.82, 2.24) is 28.9 Å². The van der Waals surface area contributed by atoms with Crippen LogP contribution in [0.3, 0.4) is 0 Å². The average molecular weight is 515 g/mol. The van der Waals surface area contributed by atoms with Crippen molar-refractivity contribution in [3.63, 3.8) is 0 Å². The van der Waals surface area contributed by atoms with E-state index in [0.717, 1.165) is 10.3 Å². The van der Waals surface area contributed by atoms with Crippen LogP contribution in [0.4, 0.5) is 0 Å². The molecule has 6 aromatic rings. The molecule has 6 rings (SSSR count). The zero-order valence-corrected chi connectivity index (χ0v) is 20.7. The summed E-state index contributed by atoms with van der Waals surface area (Å²) in [4.78, 5) is 40.5. The maximum absolute atomic E-state index is 13.9. The molecule has 0 saturated heterocycles. The minimum absolute atomic E-state index is 0.204. The Balaban J connectivity index is 1.61. The first-order chi connectivity index (χ1) is 17.5. The molecule has 0 aliphatic rings. The highest BCUT2D eigenvalue weighted by Crippen LogP contribution is 2.25. The van der Waals surface area contributed by atoms with Crippen molar-refractivity contribution in [3.8, 4) is 5.13 Å². The summed E-state index contributed by atoms with van der Waals surface area (Å²) in [5.41, 5.74) is 2.83. The second-order valence-electron chi connectivity index (χ2n) is 8.35. The molecule has 0 aliphatic carbocycles. The standard InChI is InChI=1S/C26H19ClN6O2S/c1-16-23-19(13-22(34)31(16)15-18-9-5-11-21(27)29-18)32(14-17-7-3-2-4-8-17)33(25(23)35)26-30-24-20(36-26)10-6-12-28-24/h2-13H,14-15H2,1H3. The molecule has 0 aliphatic heterocycles. The van der Waals surface area contributed by atoms with Gasteiger partial charge < -0.3 is 4.57 Å². The summed E-state index contributed by atoms with van der Waals surface area (Å²) in [5.74, 6) is 0. The van der Waals surface area contributed by atoms with Crippen molar-refractivity contribution in [2.45, 2.75) is 20.0 Å². The molecule has 0 radical (unpaired) electrons. The third-order valence-corrected chi connectivity index (χ3v) is 7.27. The van der Waals surface area contributed by atoms with E-state index in [2.05, 4.69) is 15.0 Å². The summed E-state index contributed by atoms with van der Waals surface area (Å²) in [7, 11) is 0. The molecule has 8 nitrogen and oxygen atoms in total. The van der Waals surface area contributed by atoms with E-state index >= 15 is 0 Å². The topological polar surface area (TPSA) is 87.6 Å². The minimum atomic E-state index is -0.245. The van der Waals surface area contributed by atoms with Crippen molar-refractivity contribution < 1.29 is 0 Å². The summed E-state index contributed by atoms with van der Waals surface area (Å²) in [6, 6.07) is 20.3. The smallest absolute Gasteiger partial charge is 0.283 e. The highest BCUT2D eigenvalue weighted by atomic mass is 35.5. The Hall–Kier alpha value is -4.08. The number of fused-ring (bicyclic) bond motifs is 2. The van der Waals surface area contributed by atoms with Gasteiger partial charge in [-0.2, -0.15) is 9.67 Å². The quantitative estimate of drug-likeness (QED) is 0.318. The Labute approximate surface area is 213 Å². The van der Waals surface area contributed by atoms with Crippen LogP contribution in [0.2, 0.25) is 5.15 Å². The zero-order chi connectivity index (χ0) is 24.8. The Morgan fingerprint density at radius 1 is 0.944 bits per heavy atom. The molecule has 36 heavy (non-hydrogen) atoms. The van der Waals surface area contributed by atoms with Crippen LogP contribution in [0.1, 0.15) is 17.0 Å². The molecule has 5 aromatic heterocycles. The molecular formula is C26H19ClN6O2S. The molecule has 0 N–H and O–H groups in total. The molecular weight excluding hydrogens is 496 g/mol. The number of benzene rings is 1. The number of aryl methyl sites for hydroxylation is 1. The molecule has 0 saturated carbocycles. The van der Waals surface area contributed by atoms with Gasteiger partial charge in [0, 0.05) is 18.0 Å². The normalized spacial score (nSPS) is 11.5. The van der Waals surface area contributed by atoms with Gasteiger partial charge in [0.15, 0.2) is 5.65 Å². The van der Waals surface area contributed by atoms with E-state index in [9.17, 15) is 9.59 Å². The van der Waals surface area contributed by atoms with E-state index < -0.39 is 0 Å². The molecule has 0 unspecified atom stereocenters. The van der Waals surface area contributed by atoms with Gasteiger partial charge in [-0.3, -0.25) is 14.3 Å². The predicted molar refractivity (Wildman–Crippen MR) is 141 cm³/mol. The van der Waals surface area contributed by atoms with Crippen molar-refractivity contribution >= 4 is 44.2 Å². The number of thiazole rings is 1. The number of hydrogen-bond acceptors (Lipinski definition) is 6. The maximum atomic E-state index is 13.9. The van der Waals surface area contributed by atoms with Gasteiger partial charge in [-0.15, -0.1) is 0 Å². The molecule has 0 atom stereocenters. The lowest BCUT2D eigenvalue weighted by Gasteiger charge is -2.12. The van der Waals surface area contributed by atoms with Crippen LogP contribution in [-0.4, -0.2) is 28.9 Å². The van der Waals surface area contributed by atoms with Crippen molar-refractivity contribution in [2.75, 3.05) is 0 Å². The van der Waals surface area contributed by atoms with Gasteiger partial charge in [0.05, 0.1) is 34.4 Å². The van der Waals surface area contributed by atoms with E-state index in [0.29, 0.717) is 44.8 Å². The second-order valence-corrected chi connectivity index (χ2v) is 9.74. The molecule has 0 fully saturated rings. The van der Waals surface area contributed by atoms with E-state index in [1.165, 1.54) is 17.4 Å². The van der Waals surface area contributed by atoms with E-state index in [-0.39, 0.29) is 17.7 Å². The Morgan fingerprint density at radius 2 is 1.78 bits per heavy atom. The van der Waals surface area contributed by atoms with Crippen LogP contribution in [0, 0.1) is 6.92 Å². The van der Waals surface area contributed by atoms with Gasteiger partial charge >= 0.3 is 0 Å². The number of pyridine rings is 3. The van der Waals surface area contributed by atoms with Gasteiger partial charge in [-0.25, -0.2) is 9.97 Å². The summed E-state index contributed by atoms with van der Waals surface area (Å²) in [6.45, 7) is 2.38. The lowest BCUT2D eigenvalue weighted by atomic mass is 10.2. The van der Waals surface area contributed by atoms with Gasteiger partial charge in [-0.1, -0.05) is 59.3 Å². The number of aromatic nitrogens is 6. The first-order valence-electron chi connectivity index (χ1n) is 11.2. The van der Waals surface area contributed by atoms with Crippen molar-refractivity contribution in [1.29, 1.82) is 0 Å². The van der Waals surface area contributed by atoms with Crippen LogP contribution in [0.5, 0.6) is 0 Å². The van der Waals surface area contributed by atoms with Crippen molar-refractivity contribution in [3.05, 3.63) is 116 Å². The van der Waals surface area contributed by atoms with Gasteiger partial charge in [-0.05, 0) is 36.8 Å². The summed E-state index contributed by atoms with van der Waals surface area (Å²) >= 11 is 7.43. The fraction of sp³-hybridized carbons (Fsp3) is 0.115. The maximum Gasteiger partial charge on any atom is 0.283 e. The Kier molecular flexibility index (Phi) is 5.50. The molecule has 178 valence electrons. The number of halogens is 1. The Morgan fingerprint density at radius 3 is 2.56 bits per heavy atom. The SMILES string of the molecule is Cc1c2c(=O)n(-c3nc4ncccc4s3)n(Cc3ccccc3)c2cc(=O)n1Cc1cccc(Cl)n1. The van der Waals surface area contributed by atoms with Crippen LogP contribution in [0.25, 0.3) is 26.4 Å². The molecule has 5 heterocycles. The van der Waals surface area contributed by atoms with E-state index in [1.54, 1.807) is 40.6 Å². The first kappa shape index (κ1) is 22.4. The zero-order valence-electron chi connectivity index (χ0n) is 19.1. The summed E-state index contributed by atoms with van der Waals surface area (Å²) in [6.07, 6.45) is 1.68. The van der Waals surface area contributed by atoms with Crippen LogP contribution in [-0.2, 0) is 13.1 Å². The fourth-order valence-corrected chi connectivity index (χ4v) is 5.51. The molecule has 0 bridgehead atoms. The predicted octanol–water partition coefficient (Wildman–Crippen LogP) is 4.41. The van der Waals surface area contributed by atoms with Gasteiger partial charge in [0.1, 0.15) is 5.15 Å². The van der Waals surface area contributed by atoms with Crippen LogP contribution >= 0.6 is 22.9 Å². The number of nitrogens with zero attached hydrogens (tertiary/aromatic N) is 6. The molecule has 0 spiro atoms. The van der Waals surface area contributed by atoms with Crippen LogP contribution in [0.15, 0.2) is 82.5 Å². The Bertz CT molecular complexity index is 1840. The molecule has 1 aromatic carbocycles. The average Bonchev–Trinajstić information content (AvgIpc) is 3.41. The second kappa shape index (κ2) is 8.85. The van der Waals surface area contributed by atoms with Gasteiger partial charge in [0.25, 0.3) is 11.1 Å². The molecule has 10 heteroatoms. The largest absolute Gasteiger partial charge is 0.306 e. The number of hydrogen-bond donors (Lipinski definition) is 0. The lowest BCUT2D eigenvalue weighted by Crippen LogP contribution is -2.24. The monoisotopic (exact) mass is 514 g/mol. The van der Waals surface area contributed by atoms with Crippen molar-refractivity contribution in [2.24, 2.45) is 0 Å². The fourth-order valence-electron chi connectivity index (χ4n) is 4.39. The highest BCUT2D eigenvalue weighted by Gasteiger charge is 2.22. The third-order valence-electron chi connectivity index (χ3n) is 6.08. The van der Waals surface area contributed by atoms with E-state index in [4.69, 9.17) is 11.6 Å². The first-order valence-corrected chi connectivity index (χ1v) is 12.4. The molecule has 0 amide bonds. The van der Waals surface area contributed by atoms with Gasteiger partial charge in [0.2, 0.25) is 5.13 Å². The summed E-state index contributed by atoms with van der Waals surface area (Å²) in [5, 5.41) is 1.30. The number of rotatable bonds is 5. The third kappa shape index (κ3) is 3.82. The lowest BCUT2D eigenvalue weighted by molar-refractivity contribution is 0.610. The highest BCUT2D eigenvalue weighted by molar-refractivity contribution is 7.20. The minimum Gasteiger partial charge on any atom is -0.306 e.